The monoisotopic (exact) mass is 589 g/mol. The number of hydrogen-bond donors (Lipinski definition) is 1. The van der Waals surface area contributed by atoms with Crippen molar-refractivity contribution < 1.29 is 38.4 Å². The molecule has 3 aliphatic heterocycles. The summed E-state index contributed by atoms with van der Waals surface area (Å²) >= 11 is 0. The molecule has 0 radical (unpaired) electrons. The number of aryl methyl sites for hydroxylation is 1. The molecule has 0 saturated carbocycles. The van der Waals surface area contributed by atoms with Crippen LogP contribution in [0.1, 0.15) is 72.8 Å². The zero-order valence-electron chi connectivity index (χ0n) is 25.9. The van der Waals surface area contributed by atoms with Gasteiger partial charge in [-0.3, -0.25) is 9.59 Å². The van der Waals surface area contributed by atoms with Gasteiger partial charge in [-0.15, -0.1) is 0 Å². The van der Waals surface area contributed by atoms with E-state index < -0.39 is 23.1 Å². The molecule has 4 rings (SSSR count). The van der Waals surface area contributed by atoms with Gasteiger partial charge < -0.3 is 38.8 Å². The molecule has 0 aromatic heterocycles. The van der Waals surface area contributed by atoms with Crippen molar-refractivity contribution in [2.75, 3.05) is 55.7 Å². The van der Waals surface area contributed by atoms with Crippen molar-refractivity contribution in [3.05, 3.63) is 17.7 Å². The molecular formula is C31H47N3O8. The minimum absolute atomic E-state index is 0.0320. The second-order valence-electron chi connectivity index (χ2n) is 13.2. The van der Waals surface area contributed by atoms with Crippen molar-refractivity contribution in [3.8, 4) is 5.75 Å². The third-order valence-electron chi connectivity index (χ3n) is 7.45. The van der Waals surface area contributed by atoms with Crippen molar-refractivity contribution >= 4 is 29.3 Å². The van der Waals surface area contributed by atoms with Gasteiger partial charge in [-0.2, -0.15) is 0 Å². The molecule has 1 aromatic carbocycles. The lowest BCUT2D eigenvalue weighted by atomic mass is 9.99. The van der Waals surface area contributed by atoms with Gasteiger partial charge in [0, 0.05) is 45.4 Å². The van der Waals surface area contributed by atoms with Crippen molar-refractivity contribution in [1.82, 2.24) is 4.90 Å². The Morgan fingerprint density at radius 2 is 1.64 bits per heavy atom. The van der Waals surface area contributed by atoms with E-state index in [1.54, 1.807) is 36.6 Å². The molecule has 3 heterocycles. The summed E-state index contributed by atoms with van der Waals surface area (Å²) in [6.07, 6.45) is 2.93. The fourth-order valence-electron chi connectivity index (χ4n) is 5.44. The highest BCUT2D eigenvalue weighted by Crippen LogP contribution is 2.39. The second-order valence-corrected chi connectivity index (χ2v) is 13.2. The highest BCUT2D eigenvalue weighted by atomic mass is 16.7. The highest BCUT2D eigenvalue weighted by molar-refractivity contribution is 6.07. The van der Waals surface area contributed by atoms with E-state index in [1.807, 2.05) is 31.7 Å². The third kappa shape index (κ3) is 8.28. The summed E-state index contributed by atoms with van der Waals surface area (Å²) in [6.45, 7) is 13.9. The van der Waals surface area contributed by atoms with E-state index in [0.717, 1.165) is 24.8 Å². The lowest BCUT2D eigenvalue weighted by Crippen LogP contribution is -2.50. The standard InChI is InChI=1S/C31H47N3O8/c1-30(2,3)41-28(37)22-11-10-21-19-24(32-12-14-33(15-13-32)29(38)42-31(4,5)6)25(35)20-23(21)34(27(22)36)16-18-40-26-9-7-8-17-39-26/h19-20,22,26,35H,7-18H2,1-6H3. The van der Waals surface area contributed by atoms with Crippen LogP contribution in [0.25, 0.3) is 0 Å². The number of carbonyl (C=O) groups excluding carboxylic acids is 3. The predicted molar refractivity (Wildman–Crippen MR) is 158 cm³/mol. The number of phenols is 1. The SMILES string of the molecule is CC(C)(C)OC(=O)C1CCc2cc(N3CCN(C(=O)OC(C)(C)C)CC3)c(O)cc2N(CCOC2CCCCO2)C1=O. The molecule has 1 N–H and O–H groups in total. The Hall–Kier alpha value is -3.05. The van der Waals surface area contributed by atoms with Crippen LogP contribution in [0.15, 0.2) is 12.1 Å². The van der Waals surface area contributed by atoms with Crippen LogP contribution < -0.4 is 9.80 Å². The summed E-state index contributed by atoms with van der Waals surface area (Å²) in [5.41, 5.74) is 0.750. The first-order valence-corrected chi connectivity index (χ1v) is 15.1. The molecule has 3 aliphatic rings. The Bertz CT molecular complexity index is 1130. The first kappa shape index (κ1) is 31.9. The number of benzene rings is 1. The van der Waals surface area contributed by atoms with Gasteiger partial charge in [0.25, 0.3) is 0 Å². The number of nitrogens with zero attached hydrogens (tertiary/aromatic N) is 3. The van der Waals surface area contributed by atoms with E-state index in [2.05, 4.69) is 0 Å². The Morgan fingerprint density at radius 1 is 0.952 bits per heavy atom. The number of carbonyl (C=O) groups is 3. The van der Waals surface area contributed by atoms with Crippen molar-refractivity contribution in [3.63, 3.8) is 0 Å². The largest absolute Gasteiger partial charge is 0.506 e. The summed E-state index contributed by atoms with van der Waals surface area (Å²) < 4.78 is 22.7. The number of rotatable bonds is 6. The number of hydrogen-bond acceptors (Lipinski definition) is 9. The van der Waals surface area contributed by atoms with Gasteiger partial charge in [0.1, 0.15) is 22.9 Å². The molecule has 11 heteroatoms. The number of anilines is 2. The summed E-state index contributed by atoms with van der Waals surface area (Å²) in [7, 11) is 0. The maximum atomic E-state index is 13.8. The fraction of sp³-hybridized carbons (Fsp3) is 0.710. The van der Waals surface area contributed by atoms with Crippen LogP contribution in [-0.2, 0) is 35.0 Å². The van der Waals surface area contributed by atoms with Gasteiger partial charge in [-0.05, 0) is 85.3 Å². The van der Waals surface area contributed by atoms with E-state index >= 15 is 0 Å². The maximum absolute atomic E-state index is 13.8. The second kappa shape index (κ2) is 13.1. The average Bonchev–Trinajstić information content (AvgIpc) is 3.03. The van der Waals surface area contributed by atoms with E-state index in [-0.39, 0.29) is 37.2 Å². The molecule has 2 unspecified atom stereocenters. The molecule has 2 saturated heterocycles. The minimum atomic E-state index is -0.967. The maximum Gasteiger partial charge on any atom is 0.410 e. The molecule has 2 fully saturated rings. The number of fused-ring (bicyclic) bond motifs is 1. The Labute approximate surface area is 249 Å². The number of piperazine rings is 1. The summed E-state index contributed by atoms with van der Waals surface area (Å²) in [5.74, 6) is -1.85. The van der Waals surface area contributed by atoms with E-state index in [0.29, 0.717) is 57.0 Å². The summed E-state index contributed by atoms with van der Waals surface area (Å²) in [5, 5.41) is 11.2. The molecule has 42 heavy (non-hydrogen) atoms. The van der Waals surface area contributed by atoms with E-state index in [1.165, 1.54) is 0 Å². The fourth-order valence-corrected chi connectivity index (χ4v) is 5.44. The lowest BCUT2D eigenvalue weighted by Gasteiger charge is -2.37. The third-order valence-corrected chi connectivity index (χ3v) is 7.45. The van der Waals surface area contributed by atoms with Gasteiger partial charge in [0.2, 0.25) is 5.91 Å². The molecule has 2 atom stereocenters. The Morgan fingerprint density at radius 3 is 2.26 bits per heavy atom. The first-order valence-electron chi connectivity index (χ1n) is 15.1. The van der Waals surface area contributed by atoms with Gasteiger partial charge in [0.05, 0.1) is 18.0 Å². The lowest BCUT2D eigenvalue weighted by molar-refractivity contribution is -0.164. The molecule has 0 aliphatic carbocycles. The summed E-state index contributed by atoms with van der Waals surface area (Å²) in [6, 6.07) is 3.51. The van der Waals surface area contributed by atoms with Crippen LogP contribution in [-0.4, -0.2) is 91.4 Å². The molecule has 234 valence electrons. The molecule has 0 bridgehead atoms. The smallest absolute Gasteiger partial charge is 0.410 e. The van der Waals surface area contributed by atoms with Gasteiger partial charge >= 0.3 is 12.1 Å². The minimum Gasteiger partial charge on any atom is -0.506 e. The van der Waals surface area contributed by atoms with Crippen LogP contribution in [0.5, 0.6) is 5.75 Å². The number of esters is 1. The highest BCUT2D eigenvalue weighted by Gasteiger charge is 2.38. The van der Waals surface area contributed by atoms with Crippen molar-refractivity contribution in [2.24, 2.45) is 5.92 Å². The molecule has 0 spiro atoms. The van der Waals surface area contributed by atoms with Crippen molar-refractivity contribution in [2.45, 2.75) is 91.1 Å². The van der Waals surface area contributed by atoms with Crippen LogP contribution >= 0.6 is 0 Å². The van der Waals surface area contributed by atoms with E-state index in [4.69, 9.17) is 18.9 Å². The van der Waals surface area contributed by atoms with Crippen LogP contribution in [0.2, 0.25) is 0 Å². The average molecular weight is 590 g/mol. The Kier molecular flexibility index (Phi) is 9.92. The Balaban J connectivity index is 1.53. The van der Waals surface area contributed by atoms with Gasteiger partial charge in [0.15, 0.2) is 6.29 Å². The first-order chi connectivity index (χ1) is 19.7. The van der Waals surface area contributed by atoms with Crippen molar-refractivity contribution in [1.29, 1.82) is 0 Å². The zero-order valence-corrected chi connectivity index (χ0v) is 25.9. The quantitative estimate of drug-likeness (QED) is 0.384. The number of phenolic OH excluding ortho intramolecular Hbond substituents is 1. The zero-order chi connectivity index (χ0) is 30.7. The van der Waals surface area contributed by atoms with E-state index in [9.17, 15) is 19.5 Å². The normalized spacial score (nSPS) is 22.0. The summed E-state index contributed by atoms with van der Waals surface area (Å²) in [4.78, 5) is 44.7. The van der Waals surface area contributed by atoms with Crippen LogP contribution in [0.4, 0.5) is 16.2 Å². The number of aromatic hydroxyl groups is 1. The molecule has 11 nitrogen and oxygen atoms in total. The molecule has 1 aromatic rings. The van der Waals surface area contributed by atoms with Gasteiger partial charge in [-0.25, -0.2) is 4.79 Å². The number of ether oxygens (including phenoxy) is 4. The molecular weight excluding hydrogens is 542 g/mol. The molecule has 2 amide bonds. The predicted octanol–water partition coefficient (Wildman–Crippen LogP) is 4.23. The van der Waals surface area contributed by atoms with Gasteiger partial charge in [-0.1, -0.05) is 0 Å². The van der Waals surface area contributed by atoms with Crippen LogP contribution in [0.3, 0.4) is 0 Å². The topological polar surface area (TPSA) is 118 Å². The number of amides is 2. The van der Waals surface area contributed by atoms with Crippen LogP contribution in [0, 0.1) is 5.92 Å².